The molecule has 4 aliphatic rings. The number of sulfonamides is 1. The second kappa shape index (κ2) is 7.87. The Morgan fingerprint density at radius 1 is 1.00 bits per heavy atom. The van der Waals surface area contributed by atoms with Crippen LogP contribution in [0, 0.1) is 17.7 Å². The van der Waals surface area contributed by atoms with Gasteiger partial charge < -0.3 is 0 Å². The highest BCUT2D eigenvalue weighted by Gasteiger charge is 2.60. The minimum absolute atomic E-state index is 0.0176. The Hall–Kier alpha value is -2.26. The van der Waals surface area contributed by atoms with E-state index in [1.165, 1.54) is 16.4 Å². The fourth-order valence-corrected chi connectivity index (χ4v) is 9.44. The number of halogens is 1. The van der Waals surface area contributed by atoms with Crippen LogP contribution in [0.3, 0.4) is 0 Å². The molecule has 0 amide bonds. The topological polar surface area (TPSA) is 88.6 Å². The third-order valence-corrected chi connectivity index (χ3v) is 11.7. The van der Waals surface area contributed by atoms with Crippen LogP contribution in [-0.4, -0.2) is 40.2 Å². The summed E-state index contributed by atoms with van der Waals surface area (Å²) >= 11 is 0. The van der Waals surface area contributed by atoms with E-state index < -0.39 is 37.1 Å². The maximum Gasteiger partial charge on any atom is 0.264 e. The standard InChI is InChI=1S/C26H28FNO5S2/c27-20-6-8-21(9-7-20)35(32,33)28-23-10-1-17(16-24(29)18-2-3-18)15-22(23)26(25(28)19-4-5-19)11-13-34(30,31)14-12-26/h1,6-10,15,18-19,25H,2-5,11-14,16H2. The van der Waals surface area contributed by atoms with Crippen molar-refractivity contribution in [3.63, 3.8) is 0 Å². The van der Waals surface area contributed by atoms with Crippen LogP contribution in [0.15, 0.2) is 47.4 Å². The Morgan fingerprint density at radius 3 is 2.26 bits per heavy atom. The van der Waals surface area contributed by atoms with Crippen molar-refractivity contribution < 1.29 is 26.0 Å². The van der Waals surface area contributed by atoms with E-state index >= 15 is 0 Å². The second-order valence-electron chi connectivity index (χ2n) is 10.6. The fraction of sp³-hybridized carbons (Fsp3) is 0.500. The number of carbonyl (C=O) groups excluding carboxylic acids is 1. The molecule has 3 fully saturated rings. The zero-order valence-electron chi connectivity index (χ0n) is 19.3. The molecule has 9 heteroatoms. The number of fused-ring (bicyclic) bond motifs is 2. The van der Waals surface area contributed by atoms with Crippen molar-refractivity contribution in [1.29, 1.82) is 0 Å². The highest BCUT2D eigenvalue weighted by molar-refractivity contribution is 7.93. The quantitative estimate of drug-likeness (QED) is 0.582. The maximum atomic E-state index is 14.0. The number of hydrogen-bond acceptors (Lipinski definition) is 5. The van der Waals surface area contributed by atoms with Gasteiger partial charge in [0.25, 0.3) is 10.0 Å². The lowest BCUT2D eigenvalue weighted by atomic mass is 9.70. The molecule has 186 valence electrons. The average molecular weight is 518 g/mol. The summed E-state index contributed by atoms with van der Waals surface area (Å²) in [4.78, 5) is 12.5. The minimum Gasteiger partial charge on any atom is -0.299 e. The van der Waals surface area contributed by atoms with Crippen LogP contribution >= 0.6 is 0 Å². The van der Waals surface area contributed by atoms with Gasteiger partial charge in [-0.05, 0) is 85.9 Å². The van der Waals surface area contributed by atoms with Crippen LogP contribution in [0.4, 0.5) is 10.1 Å². The maximum absolute atomic E-state index is 14.0. The molecule has 1 unspecified atom stereocenters. The highest BCUT2D eigenvalue weighted by atomic mass is 32.2. The molecule has 2 heterocycles. The first kappa shape index (κ1) is 23.2. The smallest absolute Gasteiger partial charge is 0.264 e. The number of hydrogen-bond donors (Lipinski definition) is 0. The van der Waals surface area contributed by atoms with Crippen LogP contribution in [0.1, 0.15) is 49.7 Å². The van der Waals surface area contributed by atoms with Gasteiger partial charge in [-0.15, -0.1) is 0 Å². The molecule has 2 aliphatic heterocycles. The molecule has 0 radical (unpaired) electrons. The van der Waals surface area contributed by atoms with Gasteiger partial charge in [0.15, 0.2) is 0 Å². The Labute approximate surface area is 205 Å². The van der Waals surface area contributed by atoms with Crippen LogP contribution in [-0.2, 0) is 36.5 Å². The van der Waals surface area contributed by atoms with E-state index in [9.17, 15) is 26.0 Å². The molecule has 1 saturated heterocycles. The Bertz CT molecular complexity index is 1400. The van der Waals surface area contributed by atoms with Crippen molar-refractivity contribution in [2.75, 3.05) is 15.8 Å². The van der Waals surface area contributed by atoms with Gasteiger partial charge in [0, 0.05) is 17.8 Å². The summed E-state index contributed by atoms with van der Waals surface area (Å²) < 4.78 is 67.9. The number of Topliss-reactive ketones (excluding diaryl/α,β-unsaturated/α-hetero) is 1. The first-order valence-electron chi connectivity index (χ1n) is 12.3. The number of benzene rings is 2. The molecule has 2 aromatic rings. The molecule has 0 N–H and O–H groups in total. The summed E-state index contributed by atoms with van der Waals surface area (Å²) in [5.74, 6) is -0.000750. The number of sulfone groups is 1. The third-order valence-electron chi connectivity index (χ3n) is 8.22. The van der Waals surface area contributed by atoms with E-state index in [0.717, 1.165) is 48.9 Å². The van der Waals surface area contributed by atoms with Crippen molar-refractivity contribution in [2.45, 2.75) is 61.3 Å². The fourth-order valence-electron chi connectivity index (χ4n) is 6.09. The number of rotatable bonds is 6. The molecule has 6 nitrogen and oxygen atoms in total. The molecule has 35 heavy (non-hydrogen) atoms. The second-order valence-corrected chi connectivity index (χ2v) is 14.7. The highest BCUT2D eigenvalue weighted by Crippen LogP contribution is 2.59. The molecule has 2 aliphatic carbocycles. The molecule has 1 spiro atoms. The first-order chi connectivity index (χ1) is 16.6. The largest absolute Gasteiger partial charge is 0.299 e. The predicted octanol–water partition coefficient (Wildman–Crippen LogP) is 3.78. The summed E-state index contributed by atoms with van der Waals surface area (Å²) in [5, 5.41) is 0. The number of ketones is 1. The molecule has 0 aromatic heterocycles. The van der Waals surface area contributed by atoms with Crippen molar-refractivity contribution in [2.24, 2.45) is 11.8 Å². The van der Waals surface area contributed by atoms with Gasteiger partial charge in [-0.25, -0.2) is 21.2 Å². The zero-order valence-corrected chi connectivity index (χ0v) is 21.0. The Balaban J connectivity index is 1.50. The first-order valence-corrected chi connectivity index (χ1v) is 15.5. The van der Waals surface area contributed by atoms with Crippen LogP contribution in [0.25, 0.3) is 0 Å². The van der Waals surface area contributed by atoms with E-state index in [-0.39, 0.29) is 34.0 Å². The monoisotopic (exact) mass is 517 g/mol. The van der Waals surface area contributed by atoms with Gasteiger partial charge in [-0.2, -0.15) is 0 Å². The van der Waals surface area contributed by atoms with Crippen LogP contribution in [0.2, 0.25) is 0 Å². The Kier molecular flexibility index (Phi) is 5.21. The molecular formula is C26H28FNO5S2. The summed E-state index contributed by atoms with van der Waals surface area (Å²) in [6.45, 7) is 0. The summed E-state index contributed by atoms with van der Waals surface area (Å²) in [6, 6.07) is 10.0. The van der Waals surface area contributed by atoms with Crippen LogP contribution in [0.5, 0.6) is 0 Å². The van der Waals surface area contributed by atoms with E-state index in [4.69, 9.17) is 0 Å². The van der Waals surface area contributed by atoms with Crippen molar-refractivity contribution >= 4 is 31.3 Å². The minimum atomic E-state index is -4.02. The van der Waals surface area contributed by atoms with Crippen LogP contribution < -0.4 is 4.31 Å². The molecule has 6 rings (SSSR count). The molecule has 2 aromatic carbocycles. The predicted molar refractivity (Wildman–Crippen MR) is 130 cm³/mol. The zero-order chi connectivity index (χ0) is 24.6. The van der Waals surface area contributed by atoms with Gasteiger partial charge in [0.1, 0.15) is 21.4 Å². The molecular weight excluding hydrogens is 489 g/mol. The summed E-state index contributed by atoms with van der Waals surface area (Å²) in [7, 11) is -7.20. The van der Waals surface area contributed by atoms with Gasteiger partial charge in [0.05, 0.1) is 28.1 Å². The summed E-state index contributed by atoms with van der Waals surface area (Å²) in [5.41, 5.74) is 1.64. The Morgan fingerprint density at radius 2 is 1.66 bits per heavy atom. The molecule has 0 bridgehead atoms. The van der Waals surface area contributed by atoms with Crippen molar-refractivity contribution in [3.8, 4) is 0 Å². The van der Waals surface area contributed by atoms with Gasteiger partial charge in [0.2, 0.25) is 0 Å². The third kappa shape index (κ3) is 3.91. The van der Waals surface area contributed by atoms with E-state index in [1.54, 1.807) is 6.07 Å². The normalized spacial score (nSPS) is 24.9. The molecule has 1 atom stereocenters. The van der Waals surface area contributed by atoms with Gasteiger partial charge >= 0.3 is 0 Å². The van der Waals surface area contributed by atoms with Crippen molar-refractivity contribution in [3.05, 3.63) is 59.4 Å². The van der Waals surface area contributed by atoms with Gasteiger partial charge in [-0.3, -0.25) is 9.10 Å². The lowest BCUT2D eigenvalue weighted by Gasteiger charge is -2.41. The molecule has 2 saturated carbocycles. The van der Waals surface area contributed by atoms with E-state index in [2.05, 4.69) is 0 Å². The average Bonchev–Trinajstić information content (AvgIpc) is 3.73. The number of carbonyl (C=O) groups is 1. The van der Waals surface area contributed by atoms with Crippen molar-refractivity contribution in [1.82, 2.24) is 0 Å². The van der Waals surface area contributed by atoms with Gasteiger partial charge in [-0.1, -0.05) is 12.1 Å². The number of anilines is 1. The lowest BCUT2D eigenvalue weighted by Crippen LogP contribution is -2.52. The number of nitrogens with zero attached hydrogens (tertiary/aromatic N) is 1. The lowest BCUT2D eigenvalue weighted by molar-refractivity contribution is -0.119. The van der Waals surface area contributed by atoms with E-state index in [1.807, 2.05) is 12.1 Å². The van der Waals surface area contributed by atoms with E-state index in [0.29, 0.717) is 24.9 Å². The summed E-state index contributed by atoms with van der Waals surface area (Å²) in [6.07, 6.45) is 4.66. The SMILES string of the molecule is O=C(Cc1ccc2c(c1)C1(CCS(=O)(=O)CC1)C(C1CC1)N2S(=O)(=O)c1ccc(F)cc1)C1CC1.